The van der Waals surface area contributed by atoms with Gasteiger partial charge in [0.15, 0.2) is 0 Å². The lowest BCUT2D eigenvalue weighted by Gasteiger charge is -2.13. The van der Waals surface area contributed by atoms with Crippen molar-refractivity contribution in [2.75, 3.05) is 0 Å². The molecule has 1 amide bonds. The number of carbonyl (C=O) groups is 1. The summed E-state index contributed by atoms with van der Waals surface area (Å²) in [5, 5.41) is 2.99. The Hall–Kier alpha value is -1.30. The van der Waals surface area contributed by atoms with Gasteiger partial charge in [-0.3, -0.25) is 4.79 Å². The lowest BCUT2D eigenvalue weighted by molar-refractivity contribution is 0.0939. The summed E-state index contributed by atoms with van der Waals surface area (Å²) < 4.78 is 5.97. The van der Waals surface area contributed by atoms with E-state index in [9.17, 15) is 4.79 Å². The van der Waals surface area contributed by atoms with E-state index in [4.69, 9.17) is 4.42 Å². The molecule has 0 fully saturated rings. The summed E-state index contributed by atoms with van der Waals surface area (Å²) in [7, 11) is 0. The zero-order valence-electron chi connectivity index (χ0n) is 10.0. The average molecular weight is 355 g/mol. The number of halogens is 1. The monoisotopic (exact) mass is 355 g/mol. The van der Waals surface area contributed by atoms with Gasteiger partial charge in [-0.1, -0.05) is 12.1 Å². The number of furan rings is 1. The molecular formula is C14H14INO2. The number of carbonyl (C=O) groups excluding carboxylic acids is 1. The Kier molecular flexibility index (Phi) is 4.41. The maximum Gasteiger partial charge on any atom is 0.252 e. The van der Waals surface area contributed by atoms with Crippen molar-refractivity contribution in [3.63, 3.8) is 0 Å². The van der Waals surface area contributed by atoms with Crippen LogP contribution < -0.4 is 5.32 Å². The fourth-order valence-electron chi connectivity index (χ4n) is 1.76. The Labute approximate surface area is 120 Å². The molecule has 18 heavy (non-hydrogen) atoms. The molecule has 3 nitrogen and oxygen atoms in total. The number of rotatable bonds is 4. The first-order chi connectivity index (χ1) is 8.66. The molecule has 0 saturated heterocycles. The maximum absolute atomic E-state index is 12.1. The van der Waals surface area contributed by atoms with Gasteiger partial charge in [-0.05, 0) is 59.7 Å². The van der Waals surface area contributed by atoms with E-state index in [1.807, 2.05) is 37.3 Å². The lowest BCUT2D eigenvalue weighted by Crippen LogP contribution is -2.34. The molecule has 2 rings (SSSR count). The van der Waals surface area contributed by atoms with Crippen LogP contribution in [0.4, 0.5) is 0 Å². The van der Waals surface area contributed by atoms with Crippen LogP contribution >= 0.6 is 22.6 Å². The molecule has 1 N–H and O–H groups in total. The molecule has 2 aromatic rings. The van der Waals surface area contributed by atoms with Crippen LogP contribution in [-0.4, -0.2) is 11.9 Å². The molecule has 0 aliphatic heterocycles. The Balaban J connectivity index is 1.97. The van der Waals surface area contributed by atoms with Crippen molar-refractivity contribution in [2.45, 2.75) is 19.4 Å². The molecule has 1 atom stereocenters. The van der Waals surface area contributed by atoms with Crippen LogP contribution in [0.3, 0.4) is 0 Å². The summed E-state index contributed by atoms with van der Waals surface area (Å²) in [4.78, 5) is 12.1. The van der Waals surface area contributed by atoms with Crippen molar-refractivity contribution in [1.29, 1.82) is 0 Å². The van der Waals surface area contributed by atoms with Crippen LogP contribution in [0.2, 0.25) is 0 Å². The van der Waals surface area contributed by atoms with Crippen LogP contribution in [0.5, 0.6) is 0 Å². The summed E-state index contributed by atoms with van der Waals surface area (Å²) in [6.45, 7) is 1.99. The van der Waals surface area contributed by atoms with Crippen molar-refractivity contribution in [3.8, 4) is 0 Å². The highest BCUT2D eigenvalue weighted by Gasteiger charge is 2.12. The molecule has 1 unspecified atom stereocenters. The number of hydrogen-bond acceptors (Lipinski definition) is 2. The number of benzene rings is 1. The van der Waals surface area contributed by atoms with E-state index < -0.39 is 0 Å². The first-order valence-corrected chi connectivity index (χ1v) is 6.81. The maximum atomic E-state index is 12.1. The van der Waals surface area contributed by atoms with Gasteiger partial charge in [0, 0.05) is 9.61 Å². The molecule has 0 aliphatic rings. The van der Waals surface area contributed by atoms with Crippen LogP contribution in [0, 0.1) is 3.57 Å². The zero-order valence-corrected chi connectivity index (χ0v) is 12.2. The minimum Gasteiger partial charge on any atom is -0.472 e. The fourth-order valence-corrected chi connectivity index (χ4v) is 2.39. The van der Waals surface area contributed by atoms with E-state index in [0.717, 1.165) is 21.1 Å². The largest absolute Gasteiger partial charge is 0.472 e. The van der Waals surface area contributed by atoms with Gasteiger partial charge >= 0.3 is 0 Å². The van der Waals surface area contributed by atoms with Gasteiger partial charge in [-0.25, -0.2) is 0 Å². The van der Waals surface area contributed by atoms with Gasteiger partial charge in [-0.2, -0.15) is 0 Å². The average Bonchev–Trinajstić information content (AvgIpc) is 2.82. The van der Waals surface area contributed by atoms with E-state index in [2.05, 4.69) is 27.9 Å². The lowest BCUT2D eigenvalue weighted by atomic mass is 10.1. The normalized spacial score (nSPS) is 12.1. The Morgan fingerprint density at radius 2 is 2.17 bits per heavy atom. The summed E-state index contributed by atoms with van der Waals surface area (Å²) in [6.07, 6.45) is 4.12. The molecule has 1 aromatic heterocycles. The number of amides is 1. The molecule has 1 aromatic carbocycles. The molecule has 0 aliphatic carbocycles. The Morgan fingerprint density at radius 1 is 1.39 bits per heavy atom. The summed E-state index contributed by atoms with van der Waals surface area (Å²) >= 11 is 2.17. The molecule has 4 heteroatoms. The van der Waals surface area contributed by atoms with Crippen molar-refractivity contribution in [2.24, 2.45) is 0 Å². The first-order valence-electron chi connectivity index (χ1n) is 5.73. The van der Waals surface area contributed by atoms with E-state index in [1.54, 1.807) is 12.5 Å². The predicted molar refractivity (Wildman–Crippen MR) is 78.5 cm³/mol. The SMILES string of the molecule is CC(Cc1ccoc1)NC(=O)c1ccccc1I. The molecule has 0 bridgehead atoms. The zero-order chi connectivity index (χ0) is 13.0. The van der Waals surface area contributed by atoms with Crippen LogP contribution in [0.1, 0.15) is 22.8 Å². The molecule has 0 spiro atoms. The number of nitrogens with one attached hydrogen (secondary N) is 1. The molecule has 0 saturated carbocycles. The van der Waals surface area contributed by atoms with Crippen LogP contribution in [0.15, 0.2) is 47.3 Å². The summed E-state index contributed by atoms with van der Waals surface area (Å²) in [5.41, 5.74) is 1.81. The summed E-state index contributed by atoms with van der Waals surface area (Å²) in [6, 6.07) is 9.55. The van der Waals surface area contributed by atoms with Crippen molar-refractivity contribution >= 4 is 28.5 Å². The number of hydrogen-bond donors (Lipinski definition) is 1. The second-order valence-electron chi connectivity index (χ2n) is 4.19. The third-order valence-corrected chi connectivity index (χ3v) is 3.56. The van der Waals surface area contributed by atoms with Gasteiger partial charge in [0.25, 0.3) is 5.91 Å². The van der Waals surface area contributed by atoms with Gasteiger partial charge in [0.2, 0.25) is 0 Å². The topological polar surface area (TPSA) is 42.2 Å². The first kappa shape index (κ1) is 13.1. The predicted octanol–water partition coefficient (Wildman–Crippen LogP) is 3.25. The highest BCUT2D eigenvalue weighted by molar-refractivity contribution is 14.1. The van der Waals surface area contributed by atoms with E-state index in [-0.39, 0.29) is 11.9 Å². The minimum absolute atomic E-state index is 0.0315. The second-order valence-corrected chi connectivity index (χ2v) is 5.35. The quantitative estimate of drug-likeness (QED) is 0.856. The van der Waals surface area contributed by atoms with Crippen molar-refractivity contribution in [1.82, 2.24) is 5.32 Å². The molecule has 94 valence electrons. The third kappa shape index (κ3) is 3.35. The third-order valence-electron chi connectivity index (χ3n) is 2.62. The van der Waals surface area contributed by atoms with Gasteiger partial charge in [0.1, 0.15) is 0 Å². The highest BCUT2D eigenvalue weighted by atomic mass is 127. The van der Waals surface area contributed by atoms with E-state index >= 15 is 0 Å². The molecule has 1 heterocycles. The Morgan fingerprint density at radius 3 is 2.83 bits per heavy atom. The highest BCUT2D eigenvalue weighted by Crippen LogP contribution is 2.12. The van der Waals surface area contributed by atoms with Gasteiger partial charge in [0.05, 0.1) is 18.1 Å². The van der Waals surface area contributed by atoms with Gasteiger partial charge < -0.3 is 9.73 Å². The van der Waals surface area contributed by atoms with Crippen LogP contribution in [-0.2, 0) is 6.42 Å². The second kappa shape index (κ2) is 6.04. The van der Waals surface area contributed by atoms with Gasteiger partial charge in [-0.15, -0.1) is 0 Å². The van der Waals surface area contributed by atoms with E-state index in [1.165, 1.54) is 0 Å². The fraction of sp³-hybridized carbons (Fsp3) is 0.214. The molecule has 0 radical (unpaired) electrons. The van der Waals surface area contributed by atoms with Crippen molar-refractivity contribution in [3.05, 3.63) is 57.6 Å². The van der Waals surface area contributed by atoms with Crippen molar-refractivity contribution < 1.29 is 9.21 Å². The van der Waals surface area contributed by atoms with Crippen LogP contribution in [0.25, 0.3) is 0 Å². The molecular weight excluding hydrogens is 341 g/mol. The Bertz CT molecular complexity index is 522. The minimum atomic E-state index is -0.0315. The summed E-state index contributed by atoms with van der Waals surface area (Å²) in [5.74, 6) is -0.0315. The van der Waals surface area contributed by atoms with E-state index in [0.29, 0.717) is 0 Å². The smallest absolute Gasteiger partial charge is 0.252 e. The standard InChI is InChI=1S/C14H14INO2/c1-10(8-11-6-7-18-9-11)16-14(17)12-4-2-3-5-13(12)15/h2-7,9-10H,8H2,1H3,(H,16,17).